The van der Waals surface area contributed by atoms with Crippen molar-refractivity contribution >= 4 is 17.3 Å². The zero-order chi connectivity index (χ0) is 13.8. The molecule has 1 aromatic rings. The predicted octanol–water partition coefficient (Wildman–Crippen LogP) is 3.83. The minimum absolute atomic E-state index is 0.320. The molecule has 0 radical (unpaired) electrons. The van der Waals surface area contributed by atoms with Crippen LogP contribution in [0.25, 0.3) is 0 Å². The van der Waals surface area contributed by atoms with Crippen molar-refractivity contribution in [3.05, 3.63) is 28.8 Å². The highest BCUT2D eigenvalue weighted by Gasteiger charge is 2.24. The Kier molecular flexibility index (Phi) is 4.68. The summed E-state index contributed by atoms with van der Waals surface area (Å²) < 4.78 is 5.76. The number of nitriles is 1. The SMILES string of the molecule is CC(C)C1CC(Nc2ccc(C#N)c(Cl)c2)CCO1. The van der Waals surface area contributed by atoms with Crippen molar-refractivity contribution in [1.29, 1.82) is 5.26 Å². The summed E-state index contributed by atoms with van der Waals surface area (Å²) in [5.74, 6) is 0.536. The van der Waals surface area contributed by atoms with Crippen LogP contribution >= 0.6 is 11.6 Å². The average molecular weight is 279 g/mol. The van der Waals surface area contributed by atoms with E-state index in [9.17, 15) is 0 Å². The van der Waals surface area contributed by atoms with Crippen molar-refractivity contribution in [2.45, 2.75) is 38.8 Å². The molecule has 3 nitrogen and oxygen atoms in total. The molecule has 1 aromatic carbocycles. The number of nitrogens with zero attached hydrogens (tertiary/aromatic N) is 1. The number of rotatable bonds is 3. The summed E-state index contributed by atoms with van der Waals surface area (Å²) in [5.41, 5.74) is 1.48. The number of hydrogen-bond acceptors (Lipinski definition) is 3. The Labute approximate surface area is 119 Å². The van der Waals surface area contributed by atoms with Gasteiger partial charge in [0, 0.05) is 18.3 Å². The van der Waals surface area contributed by atoms with Crippen LogP contribution in [-0.4, -0.2) is 18.8 Å². The summed E-state index contributed by atoms with van der Waals surface area (Å²) in [7, 11) is 0. The maximum Gasteiger partial charge on any atom is 0.101 e. The molecule has 1 aliphatic heterocycles. The van der Waals surface area contributed by atoms with Crippen LogP contribution in [0.5, 0.6) is 0 Å². The number of ether oxygens (including phenoxy) is 1. The summed E-state index contributed by atoms with van der Waals surface area (Å²) in [6.45, 7) is 5.17. The van der Waals surface area contributed by atoms with Gasteiger partial charge in [-0.25, -0.2) is 0 Å². The first kappa shape index (κ1) is 14.2. The summed E-state index contributed by atoms with van der Waals surface area (Å²) >= 11 is 6.04. The Balaban J connectivity index is 2.01. The fourth-order valence-corrected chi connectivity index (χ4v) is 2.58. The number of nitrogens with one attached hydrogen (secondary N) is 1. The molecule has 0 bridgehead atoms. The van der Waals surface area contributed by atoms with E-state index in [1.54, 1.807) is 6.07 Å². The summed E-state index contributed by atoms with van der Waals surface area (Å²) in [4.78, 5) is 0. The fourth-order valence-electron chi connectivity index (χ4n) is 2.35. The van der Waals surface area contributed by atoms with Gasteiger partial charge in [-0.3, -0.25) is 0 Å². The molecule has 1 fully saturated rings. The molecule has 4 heteroatoms. The quantitative estimate of drug-likeness (QED) is 0.914. The lowest BCUT2D eigenvalue weighted by molar-refractivity contribution is -0.0160. The van der Waals surface area contributed by atoms with Crippen LogP contribution in [0.4, 0.5) is 5.69 Å². The highest BCUT2D eigenvalue weighted by atomic mass is 35.5. The number of halogens is 1. The summed E-state index contributed by atoms with van der Waals surface area (Å²) in [6.07, 6.45) is 2.33. The molecule has 19 heavy (non-hydrogen) atoms. The topological polar surface area (TPSA) is 45.0 Å². The zero-order valence-electron chi connectivity index (χ0n) is 11.3. The smallest absolute Gasteiger partial charge is 0.101 e. The van der Waals surface area contributed by atoms with E-state index in [2.05, 4.69) is 25.2 Å². The zero-order valence-corrected chi connectivity index (χ0v) is 12.1. The van der Waals surface area contributed by atoms with E-state index in [0.29, 0.717) is 28.6 Å². The highest BCUT2D eigenvalue weighted by Crippen LogP contribution is 2.25. The van der Waals surface area contributed by atoms with E-state index < -0.39 is 0 Å². The third-order valence-electron chi connectivity index (χ3n) is 3.52. The van der Waals surface area contributed by atoms with Crippen LogP contribution in [0.15, 0.2) is 18.2 Å². The van der Waals surface area contributed by atoms with Crippen LogP contribution < -0.4 is 5.32 Å². The molecule has 2 rings (SSSR count). The van der Waals surface area contributed by atoms with Crippen molar-refractivity contribution in [3.8, 4) is 6.07 Å². The maximum absolute atomic E-state index is 8.86. The van der Waals surface area contributed by atoms with Gasteiger partial charge < -0.3 is 10.1 Å². The molecule has 1 saturated heterocycles. The maximum atomic E-state index is 8.86. The van der Waals surface area contributed by atoms with Gasteiger partial charge in [-0.2, -0.15) is 5.26 Å². The first-order valence-corrected chi connectivity index (χ1v) is 7.05. The van der Waals surface area contributed by atoms with Gasteiger partial charge in [0.15, 0.2) is 0 Å². The van der Waals surface area contributed by atoms with Crippen LogP contribution in [0.3, 0.4) is 0 Å². The molecule has 0 amide bonds. The molecule has 0 aliphatic carbocycles. The van der Waals surface area contributed by atoms with Gasteiger partial charge in [0.25, 0.3) is 0 Å². The van der Waals surface area contributed by atoms with E-state index >= 15 is 0 Å². The van der Waals surface area contributed by atoms with Crippen molar-refractivity contribution in [1.82, 2.24) is 0 Å². The van der Waals surface area contributed by atoms with E-state index in [0.717, 1.165) is 25.1 Å². The van der Waals surface area contributed by atoms with Gasteiger partial charge in [-0.05, 0) is 37.0 Å². The van der Waals surface area contributed by atoms with Crippen molar-refractivity contribution in [2.75, 3.05) is 11.9 Å². The Morgan fingerprint density at radius 3 is 2.89 bits per heavy atom. The Bertz CT molecular complexity index is 482. The van der Waals surface area contributed by atoms with E-state index in [4.69, 9.17) is 21.6 Å². The molecule has 2 unspecified atom stereocenters. The largest absolute Gasteiger partial charge is 0.382 e. The van der Waals surface area contributed by atoms with Crippen molar-refractivity contribution in [2.24, 2.45) is 5.92 Å². The van der Waals surface area contributed by atoms with Crippen molar-refractivity contribution in [3.63, 3.8) is 0 Å². The minimum Gasteiger partial charge on any atom is -0.382 e. The average Bonchev–Trinajstić information content (AvgIpc) is 2.39. The second kappa shape index (κ2) is 6.27. The van der Waals surface area contributed by atoms with Crippen LogP contribution in [0, 0.1) is 17.2 Å². The Morgan fingerprint density at radius 2 is 2.26 bits per heavy atom. The molecule has 1 N–H and O–H groups in total. The summed E-state index contributed by atoms with van der Waals surface area (Å²) in [6, 6.07) is 7.96. The van der Waals surface area contributed by atoms with Gasteiger partial charge in [-0.15, -0.1) is 0 Å². The molecule has 1 heterocycles. The van der Waals surface area contributed by atoms with Crippen molar-refractivity contribution < 1.29 is 4.74 Å². The number of anilines is 1. The standard InChI is InChI=1S/C15H19ClN2O/c1-10(2)15-8-13(5-6-19-15)18-12-4-3-11(9-17)14(16)7-12/h3-4,7,10,13,15,18H,5-6,8H2,1-2H3. The molecular weight excluding hydrogens is 260 g/mol. The lowest BCUT2D eigenvalue weighted by Crippen LogP contribution is -2.36. The molecule has 0 spiro atoms. The minimum atomic E-state index is 0.320. The van der Waals surface area contributed by atoms with E-state index in [-0.39, 0.29) is 0 Å². The molecule has 0 saturated carbocycles. The van der Waals surface area contributed by atoms with Gasteiger partial charge >= 0.3 is 0 Å². The lowest BCUT2D eigenvalue weighted by Gasteiger charge is -2.33. The molecule has 102 valence electrons. The van der Waals surface area contributed by atoms with Crippen LogP contribution in [0.2, 0.25) is 5.02 Å². The fraction of sp³-hybridized carbons (Fsp3) is 0.533. The third-order valence-corrected chi connectivity index (χ3v) is 3.83. The molecular formula is C15H19ClN2O. The third kappa shape index (κ3) is 3.62. The van der Waals surface area contributed by atoms with E-state index in [1.807, 2.05) is 12.1 Å². The van der Waals surface area contributed by atoms with Gasteiger partial charge in [0.2, 0.25) is 0 Å². The normalized spacial score (nSPS) is 23.1. The second-order valence-electron chi connectivity index (χ2n) is 5.33. The monoisotopic (exact) mass is 278 g/mol. The highest BCUT2D eigenvalue weighted by molar-refractivity contribution is 6.32. The van der Waals surface area contributed by atoms with Gasteiger partial charge in [0.1, 0.15) is 6.07 Å². The molecule has 1 aliphatic rings. The van der Waals surface area contributed by atoms with Crippen LogP contribution in [-0.2, 0) is 4.74 Å². The van der Waals surface area contributed by atoms with Gasteiger partial charge in [-0.1, -0.05) is 25.4 Å². The lowest BCUT2D eigenvalue weighted by atomic mass is 9.95. The Morgan fingerprint density at radius 1 is 1.47 bits per heavy atom. The van der Waals surface area contributed by atoms with Crippen LogP contribution in [0.1, 0.15) is 32.3 Å². The van der Waals surface area contributed by atoms with E-state index in [1.165, 1.54) is 0 Å². The second-order valence-corrected chi connectivity index (χ2v) is 5.73. The molecule has 2 atom stereocenters. The molecule has 0 aromatic heterocycles. The number of benzene rings is 1. The predicted molar refractivity (Wildman–Crippen MR) is 77.4 cm³/mol. The summed E-state index contributed by atoms with van der Waals surface area (Å²) in [5, 5.41) is 12.8. The first-order valence-electron chi connectivity index (χ1n) is 6.68. The first-order chi connectivity index (χ1) is 9.10. The Hall–Kier alpha value is -1.24. The van der Waals surface area contributed by atoms with Gasteiger partial charge in [0.05, 0.1) is 16.7 Å². The number of hydrogen-bond donors (Lipinski definition) is 1.